The Morgan fingerprint density at radius 1 is 1.20 bits per heavy atom. The molecule has 1 heterocycles. The summed E-state index contributed by atoms with van der Waals surface area (Å²) in [6, 6.07) is 9.00. The van der Waals surface area contributed by atoms with Crippen molar-refractivity contribution in [2.75, 3.05) is 0 Å². The Morgan fingerprint density at radius 3 is 2.50 bits per heavy atom. The molecule has 1 unspecified atom stereocenters. The molecule has 0 radical (unpaired) electrons. The molecular formula is C14H11BrN2O3. The first-order valence-electron chi connectivity index (χ1n) is 5.77. The highest BCUT2D eigenvalue weighted by Gasteiger charge is 2.22. The number of carboxylic acid groups (broad SMARTS) is 1. The number of pyridine rings is 1. The van der Waals surface area contributed by atoms with E-state index in [1.54, 1.807) is 42.6 Å². The highest BCUT2D eigenvalue weighted by Crippen LogP contribution is 2.15. The van der Waals surface area contributed by atoms with Gasteiger partial charge >= 0.3 is 5.97 Å². The van der Waals surface area contributed by atoms with Gasteiger partial charge in [0.05, 0.1) is 5.56 Å². The van der Waals surface area contributed by atoms with Gasteiger partial charge in [-0.3, -0.25) is 9.78 Å². The molecule has 1 amide bonds. The minimum Gasteiger partial charge on any atom is -0.479 e. The van der Waals surface area contributed by atoms with Crippen LogP contribution in [0.1, 0.15) is 22.0 Å². The summed E-state index contributed by atoms with van der Waals surface area (Å²) in [5.74, 6) is -1.61. The zero-order valence-corrected chi connectivity index (χ0v) is 11.9. The van der Waals surface area contributed by atoms with Crippen molar-refractivity contribution >= 4 is 27.8 Å². The summed E-state index contributed by atoms with van der Waals surface area (Å²) >= 11 is 3.21. The van der Waals surface area contributed by atoms with Crippen LogP contribution in [-0.4, -0.2) is 22.0 Å². The van der Waals surface area contributed by atoms with E-state index in [2.05, 4.69) is 26.2 Å². The van der Waals surface area contributed by atoms with Gasteiger partial charge in [-0.1, -0.05) is 30.3 Å². The molecule has 2 N–H and O–H groups in total. The third kappa shape index (κ3) is 3.42. The molecule has 0 fully saturated rings. The van der Waals surface area contributed by atoms with E-state index in [4.69, 9.17) is 0 Å². The number of hydrogen-bond acceptors (Lipinski definition) is 3. The van der Waals surface area contributed by atoms with Crippen molar-refractivity contribution < 1.29 is 14.7 Å². The van der Waals surface area contributed by atoms with Gasteiger partial charge in [-0.2, -0.15) is 0 Å². The van der Waals surface area contributed by atoms with Gasteiger partial charge in [0.25, 0.3) is 5.91 Å². The summed E-state index contributed by atoms with van der Waals surface area (Å²) in [6.07, 6.45) is 2.92. The zero-order valence-electron chi connectivity index (χ0n) is 10.3. The van der Waals surface area contributed by atoms with Gasteiger partial charge in [0, 0.05) is 16.9 Å². The van der Waals surface area contributed by atoms with Crippen molar-refractivity contribution in [3.8, 4) is 0 Å². The fourth-order valence-electron chi connectivity index (χ4n) is 1.68. The highest BCUT2D eigenvalue weighted by molar-refractivity contribution is 9.10. The Bertz CT molecular complexity index is 631. The summed E-state index contributed by atoms with van der Waals surface area (Å²) in [5, 5.41) is 11.7. The lowest BCUT2D eigenvalue weighted by atomic mass is 10.1. The van der Waals surface area contributed by atoms with Crippen LogP contribution < -0.4 is 5.32 Å². The lowest BCUT2D eigenvalue weighted by molar-refractivity contribution is -0.139. The molecule has 0 aliphatic rings. The molecule has 5 nitrogen and oxygen atoms in total. The van der Waals surface area contributed by atoms with Crippen LogP contribution in [0.25, 0.3) is 0 Å². The summed E-state index contributed by atoms with van der Waals surface area (Å²) in [5.41, 5.74) is 0.804. The summed E-state index contributed by atoms with van der Waals surface area (Å²) < 4.78 is 0.650. The maximum atomic E-state index is 12.0. The van der Waals surface area contributed by atoms with Crippen LogP contribution >= 0.6 is 15.9 Å². The molecule has 6 heteroatoms. The number of amides is 1. The number of aliphatic carboxylic acids is 1. The lowest BCUT2D eigenvalue weighted by Gasteiger charge is -2.14. The second-order valence-electron chi connectivity index (χ2n) is 4.05. The summed E-state index contributed by atoms with van der Waals surface area (Å²) in [6.45, 7) is 0. The normalized spacial score (nSPS) is 11.7. The van der Waals surface area contributed by atoms with Crippen molar-refractivity contribution in [3.63, 3.8) is 0 Å². The maximum absolute atomic E-state index is 12.0. The van der Waals surface area contributed by atoms with Gasteiger partial charge in [-0.25, -0.2) is 4.79 Å². The molecule has 20 heavy (non-hydrogen) atoms. The predicted octanol–water partition coefficient (Wildman–Crippen LogP) is 2.40. The van der Waals surface area contributed by atoms with Gasteiger partial charge in [0.1, 0.15) is 0 Å². The monoisotopic (exact) mass is 334 g/mol. The number of nitrogens with one attached hydrogen (secondary N) is 1. The number of hydrogen-bond donors (Lipinski definition) is 2. The van der Waals surface area contributed by atoms with Crippen LogP contribution in [0.5, 0.6) is 0 Å². The average Bonchev–Trinajstić information content (AvgIpc) is 2.45. The van der Waals surface area contributed by atoms with E-state index >= 15 is 0 Å². The zero-order chi connectivity index (χ0) is 14.5. The number of rotatable bonds is 4. The van der Waals surface area contributed by atoms with Gasteiger partial charge in [0.2, 0.25) is 0 Å². The van der Waals surface area contributed by atoms with E-state index in [0.717, 1.165) is 0 Å². The Hall–Kier alpha value is -2.21. The molecule has 102 valence electrons. The summed E-state index contributed by atoms with van der Waals surface area (Å²) in [7, 11) is 0. The average molecular weight is 335 g/mol. The van der Waals surface area contributed by atoms with Crippen LogP contribution in [-0.2, 0) is 4.79 Å². The van der Waals surface area contributed by atoms with E-state index in [0.29, 0.717) is 15.6 Å². The number of nitrogens with zero attached hydrogens (tertiary/aromatic N) is 1. The van der Waals surface area contributed by atoms with Crippen LogP contribution in [0.4, 0.5) is 0 Å². The molecule has 0 saturated heterocycles. The van der Waals surface area contributed by atoms with Crippen LogP contribution in [0, 0.1) is 0 Å². The minimum atomic E-state index is -1.12. The van der Waals surface area contributed by atoms with E-state index in [9.17, 15) is 14.7 Å². The highest BCUT2D eigenvalue weighted by atomic mass is 79.9. The minimum absolute atomic E-state index is 0.293. The molecule has 0 aliphatic heterocycles. The largest absolute Gasteiger partial charge is 0.479 e. The van der Waals surface area contributed by atoms with E-state index in [1.807, 2.05) is 0 Å². The van der Waals surface area contributed by atoms with Crippen LogP contribution in [0.15, 0.2) is 53.3 Å². The Kier molecular flexibility index (Phi) is 4.47. The smallest absolute Gasteiger partial charge is 0.330 e. The van der Waals surface area contributed by atoms with Crippen molar-refractivity contribution in [2.45, 2.75) is 6.04 Å². The number of halogens is 1. The Morgan fingerprint density at radius 2 is 1.90 bits per heavy atom. The molecule has 0 bridgehead atoms. The molecule has 0 spiro atoms. The molecule has 0 saturated carbocycles. The molecule has 1 aromatic heterocycles. The first kappa shape index (κ1) is 14.2. The second-order valence-corrected chi connectivity index (χ2v) is 4.96. The number of benzene rings is 1. The van der Waals surface area contributed by atoms with Crippen molar-refractivity contribution in [1.29, 1.82) is 0 Å². The number of carboxylic acids is 1. The van der Waals surface area contributed by atoms with E-state index < -0.39 is 17.9 Å². The second kappa shape index (κ2) is 6.29. The number of carbonyl (C=O) groups excluding carboxylic acids is 1. The maximum Gasteiger partial charge on any atom is 0.330 e. The third-order valence-corrected chi connectivity index (χ3v) is 3.06. The fourth-order valence-corrected chi connectivity index (χ4v) is 2.05. The molecule has 0 aliphatic carbocycles. The molecular weight excluding hydrogens is 324 g/mol. The molecule has 1 aromatic carbocycles. The van der Waals surface area contributed by atoms with Gasteiger partial charge in [-0.05, 0) is 27.6 Å². The fraction of sp³-hybridized carbons (Fsp3) is 0.0714. The molecule has 2 aromatic rings. The lowest BCUT2D eigenvalue weighted by Crippen LogP contribution is -2.33. The molecule has 2 rings (SSSR count). The number of carbonyl (C=O) groups is 2. The van der Waals surface area contributed by atoms with Crippen LogP contribution in [0.3, 0.4) is 0 Å². The first-order chi connectivity index (χ1) is 9.58. The first-order valence-corrected chi connectivity index (χ1v) is 6.56. The number of aromatic nitrogens is 1. The van der Waals surface area contributed by atoms with Gasteiger partial charge in [0.15, 0.2) is 6.04 Å². The third-order valence-electron chi connectivity index (χ3n) is 2.62. The molecule has 1 atom stereocenters. The SMILES string of the molecule is O=C(NC(C(=O)O)c1ccccc1)c1cncc(Br)c1. The van der Waals surface area contributed by atoms with Crippen molar-refractivity contribution in [2.24, 2.45) is 0 Å². The van der Waals surface area contributed by atoms with Gasteiger partial charge in [-0.15, -0.1) is 0 Å². The van der Waals surface area contributed by atoms with E-state index in [-0.39, 0.29) is 0 Å². The van der Waals surface area contributed by atoms with Crippen molar-refractivity contribution in [3.05, 3.63) is 64.4 Å². The standard InChI is InChI=1S/C14H11BrN2O3/c15-11-6-10(7-16-8-11)13(18)17-12(14(19)20)9-4-2-1-3-5-9/h1-8,12H,(H,17,18)(H,19,20). The van der Waals surface area contributed by atoms with Crippen LogP contribution in [0.2, 0.25) is 0 Å². The Balaban J connectivity index is 2.21. The topological polar surface area (TPSA) is 79.3 Å². The quantitative estimate of drug-likeness (QED) is 0.899. The van der Waals surface area contributed by atoms with Gasteiger partial charge < -0.3 is 10.4 Å². The predicted molar refractivity (Wildman–Crippen MR) is 76.2 cm³/mol. The Labute approximate surface area is 123 Å². The van der Waals surface area contributed by atoms with E-state index in [1.165, 1.54) is 6.20 Å². The summed E-state index contributed by atoms with van der Waals surface area (Å²) in [4.78, 5) is 27.2. The van der Waals surface area contributed by atoms with Crippen molar-refractivity contribution in [1.82, 2.24) is 10.3 Å².